The van der Waals surface area contributed by atoms with Crippen molar-refractivity contribution in [3.05, 3.63) is 0 Å². The topological polar surface area (TPSA) is 52.6 Å². The maximum absolute atomic E-state index is 11.7. The van der Waals surface area contributed by atoms with E-state index in [1.165, 1.54) is 6.42 Å². The van der Waals surface area contributed by atoms with Crippen LogP contribution in [0.25, 0.3) is 0 Å². The predicted molar refractivity (Wildman–Crippen MR) is 72.6 cm³/mol. The Bertz CT molecular complexity index is 303. The van der Waals surface area contributed by atoms with Crippen LogP contribution in [0.2, 0.25) is 0 Å². The Morgan fingerprint density at radius 2 is 1.63 bits per heavy atom. The zero-order chi connectivity index (χ0) is 14.3. The van der Waals surface area contributed by atoms with E-state index in [9.17, 15) is 9.59 Å². The third kappa shape index (κ3) is 5.21. The molecule has 19 heavy (non-hydrogen) atoms. The van der Waals surface area contributed by atoms with Gasteiger partial charge in [0, 0.05) is 0 Å². The van der Waals surface area contributed by atoms with Gasteiger partial charge in [0.2, 0.25) is 0 Å². The fraction of sp³-hybridized carbons (Fsp3) is 0.867. The molecule has 1 aliphatic carbocycles. The largest absolute Gasteiger partial charge is 0.462 e. The third-order valence-electron chi connectivity index (χ3n) is 3.94. The van der Waals surface area contributed by atoms with E-state index in [0.29, 0.717) is 0 Å². The lowest BCUT2D eigenvalue weighted by atomic mass is 9.89. The minimum atomic E-state index is -0.465. The van der Waals surface area contributed by atoms with Crippen molar-refractivity contribution in [2.75, 3.05) is 13.2 Å². The van der Waals surface area contributed by atoms with E-state index in [0.717, 1.165) is 32.1 Å². The van der Waals surface area contributed by atoms with Crippen molar-refractivity contribution in [1.29, 1.82) is 0 Å². The van der Waals surface area contributed by atoms with Crippen LogP contribution in [0, 0.1) is 11.3 Å². The molecule has 0 amide bonds. The molecule has 1 aliphatic rings. The Balaban J connectivity index is 2.16. The van der Waals surface area contributed by atoms with Gasteiger partial charge >= 0.3 is 11.9 Å². The molecule has 0 spiro atoms. The summed E-state index contributed by atoms with van der Waals surface area (Å²) in [5, 5.41) is 0. The molecule has 0 atom stereocenters. The second-order valence-corrected chi connectivity index (χ2v) is 5.88. The van der Waals surface area contributed by atoms with Gasteiger partial charge in [0.25, 0.3) is 0 Å². The molecule has 0 aromatic heterocycles. The lowest BCUT2D eigenvalue weighted by Gasteiger charge is -2.21. The molecular formula is C15H26O4. The molecule has 4 nitrogen and oxygen atoms in total. The molecule has 110 valence electrons. The van der Waals surface area contributed by atoms with E-state index in [4.69, 9.17) is 9.47 Å². The molecule has 0 aliphatic heterocycles. The third-order valence-corrected chi connectivity index (χ3v) is 3.94. The maximum Gasteiger partial charge on any atom is 0.311 e. The van der Waals surface area contributed by atoms with Gasteiger partial charge in [0.1, 0.15) is 13.2 Å². The van der Waals surface area contributed by atoms with Crippen LogP contribution in [0.3, 0.4) is 0 Å². The van der Waals surface area contributed by atoms with E-state index in [-0.39, 0.29) is 31.1 Å². The summed E-state index contributed by atoms with van der Waals surface area (Å²) in [4.78, 5) is 23.4. The number of carbonyl (C=O) groups excluding carboxylic acids is 2. The smallest absolute Gasteiger partial charge is 0.311 e. The Labute approximate surface area is 115 Å². The monoisotopic (exact) mass is 270 g/mol. The summed E-state index contributed by atoms with van der Waals surface area (Å²) in [5.74, 6) is -0.314. The zero-order valence-corrected chi connectivity index (χ0v) is 12.4. The van der Waals surface area contributed by atoms with E-state index in [1.807, 2.05) is 20.8 Å². The van der Waals surface area contributed by atoms with Crippen molar-refractivity contribution < 1.29 is 19.1 Å². The van der Waals surface area contributed by atoms with Crippen molar-refractivity contribution in [2.45, 2.75) is 59.3 Å². The lowest BCUT2D eigenvalue weighted by Crippen LogP contribution is -2.28. The normalized spacial score (nSPS) is 17.0. The molecule has 0 N–H and O–H groups in total. The molecule has 1 fully saturated rings. The van der Waals surface area contributed by atoms with Crippen molar-refractivity contribution in [3.8, 4) is 0 Å². The Kier molecular flexibility index (Phi) is 6.32. The number of esters is 2. The standard InChI is InChI=1S/C15H26O4/c1-4-15(2,3)14(17)19-11-10-18-13(16)12-8-6-5-7-9-12/h12H,4-11H2,1-3H3. The summed E-state index contributed by atoms with van der Waals surface area (Å²) in [6.07, 6.45) is 6.03. The minimum Gasteiger partial charge on any atom is -0.462 e. The highest BCUT2D eigenvalue weighted by Gasteiger charge is 2.27. The highest BCUT2D eigenvalue weighted by molar-refractivity contribution is 5.75. The van der Waals surface area contributed by atoms with Gasteiger partial charge < -0.3 is 9.47 Å². The van der Waals surface area contributed by atoms with E-state index in [2.05, 4.69) is 0 Å². The van der Waals surface area contributed by atoms with Crippen LogP contribution in [0.1, 0.15) is 59.3 Å². The van der Waals surface area contributed by atoms with Crippen LogP contribution >= 0.6 is 0 Å². The first-order valence-electron chi connectivity index (χ1n) is 7.31. The Morgan fingerprint density at radius 1 is 1.05 bits per heavy atom. The fourth-order valence-corrected chi connectivity index (χ4v) is 2.07. The lowest BCUT2D eigenvalue weighted by molar-refractivity contribution is -0.161. The van der Waals surface area contributed by atoms with E-state index in [1.54, 1.807) is 0 Å². The number of carbonyl (C=O) groups is 2. The second kappa shape index (κ2) is 7.51. The molecule has 0 aromatic carbocycles. The summed E-state index contributed by atoms with van der Waals surface area (Å²) >= 11 is 0. The van der Waals surface area contributed by atoms with Crippen LogP contribution in [-0.2, 0) is 19.1 Å². The van der Waals surface area contributed by atoms with Crippen LogP contribution in [-0.4, -0.2) is 25.2 Å². The predicted octanol–water partition coefficient (Wildman–Crippen LogP) is 3.09. The molecule has 0 unspecified atom stereocenters. The van der Waals surface area contributed by atoms with Crippen LogP contribution < -0.4 is 0 Å². The first kappa shape index (κ1) is 16.0. The van der Waals surface area contributed by atoms with Crippen LogP contribution in [0.15, 0.2) is 0 Å². The van der Waals surface area contributed by atoms with E-state index >= 15 is 0 Å². The van der Waals surface area contributed by atoms with Gasteiger partial charge in [0.15, 0.2) is 0 Å². The van der Waals surface area contributed by atoms with Gasteiger partial charge in [-0.3, -0.25) is 9.59 Å². The van der Waals surface area contributed by atoms with Gasteiger partial charge in [-0.15, -0.1) is 0 Å². The Hall–Kier alpha value is -1.06. The Morgan fingerprint density at radius 3 is 2.21 bits per heavy atom. The van der Waals surface area contributed by atoms with Gasteiger partial charge in [-0.2, -0.15) is 0 Å². The molecule has 1 saturated carbocycles. The zero-order valence-electron chi connectivity index (χ0n) is 12.4. The number of hydrogen-bond donors (Lipinski definition) is 0. The van der Waals surface area contributed by atoms with Gasteiger partial charge in [0.05, 0.1) is 11.3 Å². The first-order chi connectivity index (χ1) is 8.97. The fourth-order valence-electron chi connectivity index (χ4n) is 2.07. The summed E-state index contributed by atoms with van der Waals surface area (Å²) in [6, 6.07) is 0. The highest BCUT2D eigenvalue weighted by atomic mass is 16.6. The van der Waals surface area contributed by atoms with Crippen LogP contribution in [0.4, 0.5) is 0 Å². The molecule has 0 saturated heterocycles. The van der Waals surface area contributed by atoms with Crippen LogP contribution in [0.5, 0.6) is 0 Å². The summed E-state index contributed by atoms with van der Waals surface area (Å²) in [5.41, 5.74) is -0.465. The number of rotatable bonds is 6. The molecular weight excluding hydrogens is 244 g/mol. The summed E-state index contributed by atoms with van der Waals surface area (Å²) in [7, 11) is 0. The average Bonchev–Trinajstić information content (AvgIpc) is 2.43. The molecule has 4 heteroatoms. The minimum absolute atomic E-state index is 0.0523. The first-order valence-corrected chi connectivity index (χ1v) is 7.31. The van der Waals surface area contributed by atoms with Gasteiger partial charge in [-0.1, -0.05) is 26.2 Å². The average molecular weight is 270 g/mol. The van der Waals surface area contributed by atoms with Gasteiger partial charge in [-0.05, 0) is 33.1 Å². The molecule has 1 rings (SSSR count). The molecule has 0 radical (unpaired) electrons. The summed E-state index contributed by atoms with van der Waals surface area (Å²) < 4.78 is 10.3. The quantitative estimate of drug-likeness (QED) is 0.550. The second-order valence-electron chi connectivity index (χ2n) is 5.88. The molecule has 0 aromatic rings. The number of ether oxygens (including phenoxy) is 2. The number of hydrogen-bond acceptors (Lipinski definition) is 4. The van der Waals surface area contributed by atoms with Crippen molar-refractivity contribution in [3.63, 3.8) is 0 Å². The molecule has 0 heterocycles. The summed E-state index contributed by atoms with van der Waals surface area (Å²) in [6.45, 7) is 5.97. The van der Waals surface area contributed by atoms with Crippen molar-refractivity contribution in [1.82, 2.24) is 0 Å². The highest BCUT2D eigenvalue weighted by Crippen LogP contribution is 2.24. The van der Waals surface area contributed by atoms with Crippen molar-refractivity contribution in [2.24, 2.45) is 11.3 Å². The van der Waals surface area contributed by atoms with E-state index < -0.39 is 5.41 Å². The molecule has 0 bridgehead atoms. The van der Waals surface area contributed by atoms with Crippen molar-refractivity contribution >= 4 is 11.9 Å². The van der Waals surface area contributed by atoms with Gasteiger partial charge in [-0.25, -0.2) is 0 Å². The maximum atomic E-state index is 11.7. The SMILES string of the molecule is CCC(C)(C)C(=O)OCCOC(=O)C1CCCCC1.